The average molecular weight is 282 g/mol. The molecule has 0 bridgehead atoms. The van der Waals surface area contributed by atoms with Gasteiger partial charge in [-0.1, -0.05) is 18.5 Å². The molecule has 0 aromatic heterocycles. The van der Waals surface area contributed by atoms with Gasteiger partial charge in [0, 0.05) is 11.6 Å². The Kier molecular flexibility index (Phi) is 7.51. The highest BCUT2D eigenvalue weighted by molar-refractivity contribution is 6.32. The molecule has 0 fully saturated rings. The van der Waals surface area contributed by atoms with Crippen molar-refractivity contribution in [2.24, 2.45) is 5.73 Å². The molecule has 1 rings (SSSR count). The van der Waals surface area contributed by atoms with Gasteiger partial charge in [0.2, 0.25) is 0 Å². The first kappa shape index (κ1) is 16.5. The van der Waals surface area contributed by atoms with E-state index in [9.17, 15) is 4.39 Å². The first-order chi connectivity index (χ1) is 7.58. The molecular formula is C12H18Cl2FNO. The first-order valence-electron chi connectivity index (χ1n) is 5.44. The molecule has 1 aromatic carbocycles. The second kappa shape index (κ2) is 7.75. The number of hydrogen-bond acceptors (Lipinski definition) is 2. The highest BCUT2D eigenvalue weighted by atomic mass is 35.5. The minimum atomic E-state index is -0.355. The standard InChI is InChI=1S/C12H17ClFNO.ClH/c1-3-10(15)6-8-5-9(14)7-11(13)12(8)16-4-2;/h5,7,10H,3-4,6,15H2,1-2H3;1H. The van der Waals surface area contributed by atoms with Crippen molar-refractivity contribution in [1.82, 2.24) is 0 Å². The Morgan fingerprint density at radius 3 is 2.59 bits per heavy atom. The van der Waals surface area contributed by atoms with Crippen molar-refractivity contribution in [3.63, 3.8) is 0 Å². The van der Waals surface area contributed by atoms with Crippen LogP contribution in [0.3, 0.4) is 0 Å². The maximum Gasteiger partial charge on any atom is 0.141 e. The average Bonchev–Trinajstić information content (AvgIpc) is 2.23. The molecule has 17 heavy (non-hydrogen) atoms. The second-order valence-electron chi connectivity index (χ2n) is 3.68. The molecule has 0 heterocycles. The van der Waals surface area contributed by atoms with Crippen LogP contribution in [0.15, 0.2) is 12.1 Å². The summed E-state index contributed by atoms with van der Waals surface area (Å²) in [6.45, 7) is 4.36. The summed E-state index contributed by atoms with van der Waals surface area (Å²) < 4.78 is 18.6. The lowest BCUT2D eigenvalue weighted by Crippen LogP contribution is -2.22. The topological polar surface area (TPSA) is 35.2 Å². The maximum atomic E-state index is 13.2. The maximum absolute atomic E-state index is 13.2. The van der Waals surface area contributed by atoms with Crippen molar-refractivity contribution in [1.29, 1.82) is 0 Å². The quantitative estimate of drug-likeness (QED) is 0.895. The van der Waals surface area contributed by atoms with Gasteiger partial charge in [0.1, 0.15) is 11.6 Å². The third kappa shape index (κ3) is 4.70. The minimum absolute atomic E-state index is 0. The van der Waals surface area contributed by atoms with Crippen molar-refractivity contribution in [3.8, 4) is 5.75 Å². The van der Waals surface area contributed by atoms with E-state index in [4.69, 9.17) is 22.1 Å². The summed E-state index contributed by atoms with van der Waals surface area (Å²) in [5.74, 6) is 0.196. The Hall–Kier alpha value is -0.510. The van der Waals surface area contributed by atoms with Crippen molar-refractivity contribution in [3.05, 3.63) is 28.5 Å². The van der Waals surface area contributed by atoms with Crippen molar-refractivity contribution >= 4 is 24.0 Å². The fourth-order valence-electron chi connectivity index (χ4n) is 1.50. The predicted octanol–water partition coefficient (Wildman–Crippen LogP) is 3.58. The van der Waals surface area contributed by atoms with Gasteiger partial charge in [0.25, 0.3) is 0 Å². The fraction of sp³-hybridized carbons (Fsp3) is 0.500. The summed E-state index contributed by atoms with van der Waals surface area (Å²) in [5.41, 5.74) is 6.59. The lowest BCUT2D eigenvalue weighted by Gasteiger charge is -2.15. The molecule has 0 amide bonds. The van der Waals surface area contributed by atoms with Gasteiger partial charge in [-0.3, -0.25) is 0 Å². The number of nitrogens with two attached hydrogens (primary N) is 1. The highest BCUT2D eigenvalue weighted by Gasteiger charge is 2.13. The predicted molar refractivity (Wildman–Crippen MR) is 71.8 cm³/mol. The SMILES string of the molecule is CCOc1c(Cl)cc(F)cc1CC(N)CC.Cl. The summed E-state index contributed by atoms with van der Waals surface area (Å²) in [4.78, 5) is 0. The summed E-state index contributed by atoms with van der Waals surface area (Å²) in [5, 5.41) is 0.306. The zero-order valence-electron chi connectivity index (χ0n) is 10.0. The van der Waals surface area contributed by atoms with Gasteiger partial charge in [0.15, 0.2) is 0 Å². The Morgan fingerprint density at radius 2 is 2.06 bits per heavy atom. The smallest absolute Gasteiger partial charge is 0.141 e. The van der Waals surface area contributed by atoms with Gasteiger partial charge in [-0.25, -0.2) is 4.39 Å². The fourth-order valence-corrected chi connectivity index (χ4v) is 1.78. The molecule has 98 valence electrons. The van der Waals surface area contributed by atoms with E-state index in [2.05, 4.69) is 0 Å². The van der Waals surface area contributed by atoms with Gasteiger partial charge < -0.3 is 10.5 Å². The summed E-state index contributed by atoms with van der Waals surface area (Å²) in [7, 11) is 0. The number of ether oxygens (including phenoxy) is 1. The van der Waals surface area contributed by atoms with Crippen LogP contribution < -0.4 is 10.5 Å². The van der Waals surface area contributed by atoms with Gasteiger partial charge in [-0.05, 0) is 31.9 Å². The van der Waals surface area contributed by atoms with Crippen LogP contribution >= 0.6 is 24.0 Å². The summed E-state index contributed by atoms with van der Waals surface area (Å²) >= 11 is 5.93. The van der Waals surface area contributed by atoms with Crippen LogP contribution in [0, 0.1) is 5.82 Å². The third-order valence-electron chi connectivity index (χ3n) is 2.38. The molecule has 0 spiro atoms. The van der Waals surface area contributed by atoms with Crippen LogP contribution in [0.5, 0.6) is 5.75 Å². The van der Waals surface area contributed by atoms with Crippen LogP contribution in [0.4, 0.5) is 4.39 Å². The van der Waals surface area contributed by atoms with E-state index < -0.39 is 0 Å². The molecule has 0 radical (unpaired) electrons. The van der Waals surface area contributed by atoms with E-state index in [-0.39, 0.29) is 24.3 Å². The molecule has 1 aromatic rings. The number of rotatable bonds is 5. The van der Waals surface area contributed by atoms with Crippen LogP contribution in [0.2, 0.25) is 5.02 Å². The molecule has 1 atom stereocenters. The van der Waals surface area contributed by atoms with E-state index in [1.165, 1.54) is 12.1 Å². The summed E-state index contributed by atoms with van der Waals surface area (Å²) in [6, 6.07) is 2.69. The van der Waals surface area contributed by atoms with E-state index >= 15 is 0 Å². The number of hydrogen-bond donors (Lipinski definition) is 1. The van der Waals surface area contributed by atoms with Crippen LogP contribution in [-0.2, 0) is 6.42 Å². The number of halogens is 3. The van der Waals surface area contributed by atoms with Crippen LogP contribution in [0.1, 0.15) is 25.8 Å². The largest absolute Gasteiger partial charge is 0.492 e. The Bertz CT molecular complexity index is 361. The molecular weight excluding hydrogens is 264 g/mol. The van der Waals surface area contributed by atoms with Crippen LogP contribution in [-0.4, -0.2) is 12.6 Å². The van der Waals surface area contributed by atoms with E-state index in [0.717, 1.165) is 12.0 Å². The van der Waals surface area contributed by atoms with Gasteiger partial charge in [-0.15, -0.1) is 12.4 Å². The van der Waals surface area contributed by atoms with Gasteiger partial charge in [0.05, 0.1) is 11.6 Å². The second-order valence-corrected chi connectivity index (χ2v) is 4.09. The zero-order chi connectivity index (χ0) is 12.1. The lowest BCUT2D eigenvalue weighted by molar-refractivity contribution is 0.335. The Labute approximate surface area is 113 Å². The van der Waals surface area contributed by atoms with E-state index in [1.807, 2.05) is 13.8 Å². The first-order valence-corrected chi connectivity index (χ1v) is 5.82. The van der Waals surface area contributed by atoms with Crippen molar-refractivity contribution in [2.75, 3.05) is 6.61 Å². The third-order valence-corrected chi connectivity index (χ3v) is 2.66. The van der Waals surface area contributed by atoms with Crippen LogP contribution in [0.25, 0.3) is 0 Å². The molecule has 0 aliphatic rings. The monoisotopic (exact) mass is 281 g/mol. The molecule has 5 heteroatoms. The molecule has 0 aliphatic carbocycles. The zero-order valence-corrected chi connectivity index (χ0v) is 11.6. The van der Waals surface area contributed by atoms with Gasteiger partial charge >= 0.3 is 0 Å². The highest BCUT2D eigenvalue weighted by Crippen LogP contribution is 2.31. The van der Waals surface area contributed by atoms with E-state index in [0.29, 0.717) is 23.8 Å². The molecule has 2 N–H and O–H groups in total. The van der Waals surface area contributed by atoms with Gasteiger partial charge in [-0.2, -0.15) is 0 Å². The minimum Gasteiger partial charge on any atom is -0.492 e. The Morgan fingerprint density at radius 1 is 1.41 bits per heavy atom. The van der Waals surface area contributed by atoms with Crippen molar-refractivity contribution < 1.29 is 9.13 Å². The lowest BCUT2D eigenvalue weighted by atomic mass is 10.0. The van der Waals surface area contributed by atoms with Crippen molar-refractivity contribution in [2.45, 2.75) is 32.7 Å². The molecule has 0 aliphatic heterocycles. The number of benzene rings is 1. The van der Waals surface area contributed by atoms with E-state index in [1.54, 1.807) is 0 Å². The molecule has 1 unspecified atom stereocenters. The summed E-state index contributed by atoms with van der Waals surface area (Å²) in [6.07, 6.45) is 1.41. The molecule has 0 saturated heterocycles. The molecule has 0 saturated carbocycles. The normalized spacial score (nSPS) is 11.8. The molecule has 2 nitrogen and oxygen atoms in total. The Balaban J connectivity index is 0.00000256.